The molecule has 0 aromatic carbocycles. The SMILES string of the molecule is [N-]=[N+]=NCCCC/C=C\C/C=C\C/C=C\C/C=C\CCCC(=O)NC1=NCCS1. The summed E-state index contributed by atoms with van der Waals surface area (Å²) >= 11 is 1.61. The number of nitrogens with one attached hydrogen (secondary N) is 1. The Labute approximate surface area is 179 Å². The van der Waals surface area contributed by atoms with Crippen LogP contribution in [0, 0.1) is 0 Å². The predicted octanol–water partition coefficient (Wildman–Crippen LogP) is 6.25. The zero-order valence-corrected chi connectivity index (χ0v) is 18.0. The second-order valence-electron chi connectivity index (χ2n) is 6.52. The van der Waals surface area contributed by atoms with Gasteiger partial charge in [0.25, 0.3) is 0 Å². The molecule has 0 aliphatic carbocycles. The monoisotopic (exact) mass is 415 g/mol. The van der Waals surface area contributed by atoms with Crippen molar-refractivity contribution < 1.29 is 4.79 Å². The lowest BCUT2D eigenvalue weighted by atomic mass is 10.2. The number of nitrogens with zero attached hydrogens (tertiary/aromatic N) is 4. The number of thioether (sulfide) groups is 1. The van der Waals surface area contributed by atoms with Gasteiger partial charge in [0.2, 0.25) is 5.91 Å². The van der Waals surface area contributed by atoms with Gasteiger partial charge in [0, 0.05) is 23.6 Å². The van der Waals surface area contributed by atoms with E-state index in [1.807, 2.05) is 0 Å². The van der Waals surface area contributed by atoms with Crippen LogP contribution >= 0.6 is 11.8 Å². The van der Waals surface area contributed by atoms with E-state index in [0.29, 0.717) is 13.0 Å². The van der Waals surface area contributed by atoms with Crippen molar-refractivity contribution in [2.24, 2.45) is 10.1 Å². The number of hydrogen-bond donors (Lipinski definition) is 1. The fraction of sp³-hybridized carbons (Fsp3) is 0.545. The van der Waals surface area contributed by atoms with Gasteiger partial charge in [-0.15, -0.1) is 0 Å². The Kier molecular flexibility index (Phi) is 16.3. The molecule has 0 atom stereocenters. The van der Waals surface area contributed by atoms with E-state index in [1.165, 1.54) is 0 Å². The lowest BCUT2D eigenvalue weighted by Gasteiger charge is -2.02. The molecule has 0 aromatic heterocycles. The first-order valence-corrected chi connectivity index (χ1v) is 11.4. The molecule has 6 nitrogen and oxygen atoms in total. The maximum absolute atomic E-state index is 11.7. The van der Waals surface area contributed by atoms with Crippen LogP contribution in [0.1, 0.15) is 57.8 Å². The van der Waals surface area contributed by atoms with Crippen LogP contribution in [0.4, 0.5) is 0 Å². The van der Waals surface area contributed by atoms with Crippen LogP contribution in [0.3, 0.4) is 0 Å². The van der Waals surface area contributed by atoms with Crippen LogP contribution in [0.15, 0.2) is 58.7 Å². The molecule has 0 fully saturated rings. The third-order valence-electron chi connectivity index (χ3n) is 4.03. The maximum atomic E-state index is 11.7. The normalized spacial score (nSPS) is 14.3. The Morgan fingerprint density at radius 3 is 2.21 bits per heavy atom. The summed E-state index contributed by atoms with van der Waals surface area (Å²) in [6.45, 7) is 1.41. The van der Waals surface area contributed by atoms with Crippen LogP contribution in [-0.2, 0) is 4.79 Å². The summed E-state index contributed by atoms with van der Waals surface area (Å²) in [5.74, 6) is 1.04. The summed E-state index contributed by atoms with van der Waals surface area (Å²) in [7, 11) is 0. The largest absolute Gasteiger partial charge is 0.305 e. The molecule has 0 unspecified atom stereocenters. The van der Waals surface area contributed by atoms with Gasteiger partial charge in [-0.05, 0) is 56.9 Å². The molecule has 0 aromatic rings. The van der Waals surface area contributed by atoms with Gasteiger partial charge in [-0.2, -0.15) is 0 Å². The minimum absolute atomic E-state index is 0.0680. The highest BCUT2D eigenvalue weighted by Crippen LogP contribution is 2.09. The Hall–Kier alpha value is -2.24. The average Bonchev–Trinajstić information content (AvgIpc) is 3.22. The average molecular weight is 416 g/mol. The molecule has 7 heteroatoms. The molecule has 0 spiro atoms. The molecule has 1 amide bonds. The van der Waals surface area contributed by atoms with E-state index < -0.39 is 0 Å². The number of aliphatic imine (C=N–C) groups is 1. The zero-order chi connectivity index (χ0) is 20.8. The number of azide groups is 1. The van der Waals surface area contributed by atoms with Crippen molar-refractivity contribution in [3.8, 4) is 0 Å². The Morgan fingerprint density at radius 2 is 1.62 bits per heavy atom. The molecule has 0 saturated heterocycles. The van der Waals surface area contributed by atoms with E-state index >= 15 is 0 Å². The summed E-state index contributed by atoms with van der Waals surface area (Å²) in [6, 6.07) is 0. The van der Waals surface area contributed by atoms with E-state index in [2.05, 4.69) is 68.9 Å². The number of hydrogen-bond acceptors (Lipinski definition) is 4. The van der Waals surface area contributed by atoms with Crippen LogP contribution in [0.25, 0.3) is 10.4 Å². The van der Waals surface area contributed by atoms with Crippen LogP contribution < -0.4 is 5.32 Å². The highest BCUT2D eigenvalue weighted by Gasteiger charge is 2.09. The second kappa shape index (κ2) is 19.1. The van der Waals surface area contributed by atoms with Crippen LogP contribution in [0.5, 0.6) is 0 Å². The van der Waals surface area contributed by atoms with Gasteiger partial charge in [-0.1, -0.05) is 65.5 Å². The fourth-order valence-electron chi connectivity index (χ4n) is 2.51. The first-order chi connectivity index (χ1) is 14.3. The van der Waals surface area contributed by atoms with Gasteiger partial charge in [0.1, 0.15) is 0 Å². The summed E-state index contributed by atoms with van der Waals surface area (Å²) in [5, 5.41) is 7.15. The maximum Gasteiger partial charge on any atom is 0.225 e. The number of allylic oxidation sites excluding steroid dienone is 8. The van der Waals surface area contributed by atoms with Crippen LogP contribution in [-0.4, -0.2) is 29.9 Å². The zero-order valence-electron chi connectivity index (χ0n) is 17.2. The molecule has 29 heavy (non-hydrogen) atoms. The Bertz CT molecular complexity index is 646. The highest BCUT2D eigenvalue weighted by molar-refractivity contribution is 8.14. The fourth-order valence-corrected chi connectivity index (χ4v) is 3.26. The standard InChI is InChI=1S/C22H33N5OS/c23-27-25-18-16-14-12-10-8-6-4-2-1-3-5-7-9-11-13-15-17-21(28)26-22-24-19-20-29-22/h2-5,8-11H,1,6-7,12-20H2,(H,24,26,28)/b4-2-,5-3-,10-8-,11-9-. The summed E-state index contributed by atoms with van der Waals surface area (Å²) in [6.07, 6.45) is 25.6. The van der Waals surface area contributed by atoms with Gasteiger partial charge < -0.3 is 5.32 Å². The Balaban J connectivity index is 1.90. The summed E-state index contributed by atoms with van der Waals surface area (Å²) < 4.78 is 0. The third kappa shape index (κ3) is 16.4. The van der Waals surface area contributed by atoms with E-state index in [0.717, 1.165) is 68.8 Å². The number of carbonyl (C=O) groups is 1. The second-order valence-corrected chi connectivity index (χ2v) is 7.60. The topological polar surface area (TPSA) is 90.2 Å². The Morgan fingerprint density at radius 1 is 1.00 bits per heavy atom. The quantitative estimate of drug-likeness (QED) is 0.113. The third-order valence-corrected chi connectivity index (χ3v) is 4.92. The number of unbranched alkanes of at least 4 members (excludes halogenated alkanes) is 3. The highest BCUT2D eigenvalue weighted by atomic mass is 32.2. The predicted molar refractivity (Wildman–Crippen MR) is 125 cm³/mol. The van der Waals surface area contributed by atoms with Gasteiger partial charge in [0.15, 0.2) is 5.17 Å². The van der Waals surface area contributed by atoms with Gasteiger partial charge in [0.05, 0.1) is 6.54 Å². The van der Waals surface area contributed by atoms with Crippen LogP contribution in [0.2, 0.25) is 0 Å². The van der Waals surface area contributed by atoms with Gasteiger partial charge in [-0.25, -0.2) is 0 Å². The minimum Gasteiger partial charge on any atom is -0.305 e. The molecule has 0 radical (unpaired) electrons. The number of amides is 1. The van der Waals surface area contributed by atoms with Crippen molar-refractivity contribution in [2.75, 3.05) is 18.8 Å². The number of rotatable bonds is 15. The molecule has 1 heterocycles. The first-order valence-electron chi connectivity index (χ1n) is 10.4. The van der Waals surface area contributed by atoms with E-state index in [9.17, 15) is 4.79 Å². The van der Waals surface area contributed by atoms with Crippen molar-refractivity contribution in [1.29, 1.82) is 0 Å². The van der Waals surface area contributed by atoms with E-state index in [1.54, 1.807) is 11.8 Å². The van der Waals surface area contributed by atoms with E-state index in [4.69, 9.17) is 5.53 Å². The summed E-state index contributed by atoms with van der Waals surface area (Å²) in [4.78, 5) is 18.7. The van der Waals surface area contributed by atoms with Gasteiger partial charge >= 0.3 is 0 Å². The number of amidine groups is 1. The molecule has 1 rings (SSSR count). The molecule has 0 bridgehead atoms. The molecule has 0 saturated carbocycles. The van der Waals surface area contributed by atoms with Crippen molar-refractivity contribution in [1.82, 2.24) is 5.32 Å². The molecule has 1 N–H and O–H groups in total. The lowest BCUT2D eigenvalue weighted by molar-refractivity contribution is -0.119. The summed E-state index contributed by atoms with van der Waals surface area (Å²) in [5.41, 5.74) is 8.17. The first kappa shape index (κ1) is 24.8. The van der Waals surface area contributed by atoms with E-state index in [-0.39, 0.29) is 5.91 Å². The van der Waals surface area contributed by atoms with Gasteiger partial charge in [-0.3, -0.25) is 9.79 Å². The molecule has 158 valence electrons. The van der Waals surface area contributed by atoms with Crippen molar-refractivity contribution in [3.63, 3.8) is 0 Å². The molecular formula is C22H33N5OS. The number of carbonyl (C=O) groups excluding carboxylic acids is 1. The lowest BCUT2D eigenvalue weighted by Crippen LogP contribution is -2.26. The molecule has 1 aliphatic heterocycles. The van der Waals surface area contributed by atoms with Crippen molar-refractivity contribution in [2.45, 2.75) is 57.8 Å². The minimum atomic E-state index is 0.0680. The molecular weight excluding hydrogens is 382 g/mol. The smallest absolute Gasteiger partial charge is 0.225 e. The van der Waals surface area contributed by atoms with Crippen molar-refractivity contribution in [3.05, 3.63) is 59.1 Å². The van der Waals surface area contributed by atoms with Crippen molar-refractivity contribution >= 4 is 22.8 Å². The molecule has 1 aliphatic rings.